The van der Waals surface area contributed by atoms with Crippen LogP contribution in [0.4, 0.5) is 5.82 Å². The molecule has 1 saturated carbocycles. The SMILES string of the molecule is CCNC(=NCC1(CC)CCC1)NCCS(=O)(=O)N1CCN(c2ccccn2)CC1.I. The molecule has 1 aliphatic heterocycles. The van der Waals surface area contributed by atoms with E-state index in [0.29, 0.717) is 44.1 Å². The minimum atomic E-state index is -3.30. The van der Waals surface area contributed by atoms with E-state index in [9.17, 15) is 8.42 Å². The van der Waals surface area contributed by atoms with Crippen molar-refractivity contribution in [1.29, 1.82) is 0 Å². The third-order valence-corrected chi connectivity index (χ3v) is 8.21. The molecule has 2 heterocycles. The molecule has 2 aliphatic rings. The summed E-state index contributed by atoms with van der Waals surface area (Å²) in [6.07, 6.45) is 6.69. The van der Waals surface area contributed by atoms with Gasteiger partial charge in [0.05, 0.1) is 5.75 Å². The van der Waals surface area contributed by atoms with Crippen LogP contribution >= 0.6 is 24.0 Å². The molecule has 2 N–H and O–H groups in total. The molecule has 1 aromatic heterocycles. The number of nitrogens with zero attached hydrogens (tertiary/aromatic N) is 4. The van der Waals surface area contributed by atoms with Gasteiger partial charge < -0.3 is 15.5 Å². The molecular weight excluding hydrogens is 527 g/mol. The molecule has 0 bridgehead atoms. The second-order valence-electron chi connectivity index (χ2n) is 8.22. The maximum absolute atomic E-state index is 12.8. The standard InChI is InChI=1S/C21H36N6O2S.HI/c1-3-21(9-7-10-21)18-25-20(22-4-2)24-12-17-30(28,29)27-15-13-26(14-16-27)19-8-5-6-11-23-19;/h5-6,8,11H,3-4,7,9-10,12-18H2,1-2H3,(H2,22,24,25);1H. The summed E-state index contributed by atoms with van der Waals surface area (Å²) < 4.78 is 27.2. The summed E-state index contributed by atoms with van der Waals surface area (Å²) in [5.41, 5.74) is 0.349. The molecule has 1 aliphatic carbocycles. The van der Waals surface area contributed by atoms with Crippen LogP contribution in [0, 0.1) is 5.41 Å². The average molecular weight is 565 g/mol. The molecule has 2 fully saturated rings. The Morgan fingerprint density at radius 1 is 1.16 bits per heavy atom. The molecule has 31 heavy (non-hydrogen) atoms. The third kappa shape index (κ3) is 7.18. The van der Waals surface area contributed by atoms with Crippen LogP contribution in [-0.4, -0.2) is 75.2 Å². The highest BCUT2D eigenvalue weighted by Gasteiger charge is 2.34. The molecule has 1 saturated heterocycles. The Morgan fingerprint density at radius 3 is 2.45 bits per heavy atom. The van der Waals surface area contributed by atoms with Gasteiger partial charge >= 0.3 is 0 Å². The number of hydrogen-bond donors (Lipinski definition) is 2. The van der Waals surface area contributed by atoms with Crippen molar-refractivity contribution in [1.82, 2.24) is 19.9 Å². The first-order chi connectivity index (χ1) is 14.5. The highest BCUT2D eigenvalue weighted by atomic mass is 127. The molecule has 0 unspecified atom stereocenters. The molecule has 3 rings (SSSR count). The van der Waals surface area contributed by atoms with Crippen molar-refractivity contribution in [2.24, 2.45) is 10.4 Å². The second-order valence-corrected chi connectivity index (χ2v) is 10.3. The molecule has 176 valence electrons. The van der Waals surface area contributed by atoms with E-state index >= 15 is 0 Å². The summed E-state index contributed by atoms with van der Waals surface area (Å²) in [5, 5.41) is 6.44. The summed E-state index contributed by atoms with van der Waals surface area (Å²) in [4.78, 5) is 11.2. The first-order valence-electron chi connectivity index (χ1n) is 11.1. The van der Waals surface area contributed by atoms with Gasteiger partial charge in [0.2, 0.25) is 10.0 Å². The average Bonchev–Trinajstić information content (AvgIpc) is 2.74. The zero-order valence-corrected chi connectivity index (χ0v) is 21.9. The summed E-state index contributed by atoms with van der Waals surface area (Å²) in [5.74, 6) is 1.69. The lowest BCUT2D eigenvalue weighted by Gasteiger charge is -2.40. The van der Waals surface area contributed by atoms with Crippen LogP contribution in [-0.2, 0) is 10.0 Å². The van der Waals surface area contributed by atoms with Crippen molar-refractivity contribution in [2.75, 3.05) is 56.5 Å². The molecule has 0 amide bonds. The fourth-order valence-corrected chi connectivity index (χ4v) is 5.39. The maximum atomic E-state index is 12.8. The number of rotatable bonds is 9. The number of anilines is 1. The Balaban J connectivity index is 0.00000341. The maximum Gasteiger partial charge on any atom is 0.215 e. The third-order valence-electron chi connectivity index (χ3n) is 6.34. The Bertz CT molecular complexity index is 788. The van der Waals surface area contributed by atoms with Gasteiger partial charge in [0.25, 0.3) is 0 Å². The first kappa shape index (κ1) is 26.1. The van der Waals surface area contributed by atoms with Crippen molar-refractivity contribution >= 4 is 45.8 Å². The lowest BCUT2D eigenvalue weighted by molar-refractivity contribution is 0.139. The number of piperazine rings is 1. The Morgan fingerprint density at radius 2 is 1.90 bits per heavy atom. The minimum absolute atomic E-state index is 0. The molecular formula is C21H37IN6O2S. The van der Waals surface area contributed by atoms with E-state index < -0.39 is 10.0 Å². The van der Waals surface area contributed by atoms with E-state index in [0.717, 1.165) is 25.3 Å². The number of guanidine groups is 1. The monoisotopic (exact) mass is 564 g/mol. The van der Waals surface area contributed by atoms with Crippen molar-refractivity contribution in [3.05, 3.63) is 24.4 Å². The number of sulfonamides is 1. The largest absolute Gasteiger partial charge is 0.357 e. The number of aliphatic imine (C=N–C) groups is 1. The van der Waals surface area contributed by atoms with Crippen LogP contribution in [0.3, 0.4) is 0 Å². The van der Waals surface area contributed by atoms with Crippen LogP contribution < -0.4 is 15.5 Å². The Kier molecular flexibility index (Phi) is 10.3. The van der Waals surface area contributed by atoms with Gasteiger partial charge in [-0.25, -0.2) is 13.4 Å². The Hall–Kier alpha value is -1.14. The van der Waals surface area contributed by atoms with Crippen LogP contribution in [0.2, 0.25) is 0 Å². The summed E-state index contributed by atoms with van der Waals surface area (Å²) >= 11 is 0. The summed E-state index contributed by atoms with van der Waals surface area (Å²) in [7, 11) is -3.30. The number of aromatic nitrogens is 1. The quantitative estimate of drug-likeness (QED) is 0.272. The van der Waals surface area contributed by atoms with Gasteiger partial charge in [-0.05, 0) is 43.7 Å². The van der Waals surface area contributed by atoms with Gasteiger partial charge in [-0.2, -0.15) is 4.31 Å². The van der Waals surface area contributed by atoms with Crippen LogP contribution in [0.15, 0.2) is 29.4 Å². The van der Waals surface area contributed by atoms with E-state index in [1.54, 1.807) is 10.5 Å². The van der Waals surface area contributed by atoms with Crippen LogP contribution in [0.5, 0.6) is 0 Å². The highest BCUT2D eigenvalue weighted by Crippen LogP contribution is 2.43. The molecule has 0 aromatic carbocycles. The number of pyridine rings is 1. The van der Waals surface area contributed by atoms with Gasteiger partial charge in [0.1, 0.15) is 5.82 Å². The summed E-state index contributed by atoms with van der Waals surface area (Å²) in [6.45, 7) is 8.48. The first-order valence-corrected chi connectivity index (χ1v) is 12.7. The van der Waals surface area contributed by atoms with Gasteiger partial charge in [0.15, 0.2) is 5.96 Å². The molecule has 8 nitrogen and oxygen atoms in total. The zero-order valence-electron chi connectivity index (χ0n) is 18.7. The van der Waals surface area contributed by atoms with Gasteiger partial charge in [-0.1, -0.05) is 19.4 Å². The molecule has 1 aromatic rings. The second kappa shape index (κ2) is 12.2. The van der Waals surface area contributed by atoms with E-state index in [4.69, 9.17) is 4.99 Å². The van der Waals surface area contributed by atoms with Crippen molar-refractivity contribution < 1.29 is 8.42 Å². The Labute approximate surface area is 204 Å². The van der Waals surface area contributed by atoms with Crippen molar-refractivity contribution in [3.8, 4) is 0 Å². The predicted octanol–water partition coefficient (Wildman–Crippen LogP) is 2.29. The normalized spacial score (nSPS) is 19.3. The van der Waals surface area contributed by atoms with Crippen LogP contribution in [0.25, 0.3) is 0 Å². The van der Waals surface area contributed by atoms with E-state index in [2.05, 4.69) is 27.4 Å². The molecule has 0 atom stereocenters. The molecule has 10 heteroatoms. The van der Waals surface area contributed by atoms with Crippen LogP contribution in [0.1, 0.15) is 39.5 Å². The topological polar surface area (TPSA) is 89.9 Å². The fourth-order valence-electron chi connectivity index (χ4n) is 4.05. The smallest absolute Gasteiger partial charge is 0.215 e. The lowest BCUT2D eigenvalue weighted by Crippen LogP contribution is -2.50. The number of halogens is 1. The number of hydrogen-bond acceptors (Lipinski definition) is 5. The van der Waals surface area contributed by atoms with Gasteiger partial charge in [-0.15, -0.1) is 24.0 Å². The molecule has 0 spiro atoms. The molecule has 0 radical (unpaired) electrons. The van der Waals surface area contributed by atoms with Crippen molar-refractivity contribution in [2.45, 2.75) is 39.5 Å². The lowest BCUT2D eigenvalue weighted by atomic mass is 9.67. The van der Waals surface area contributed by atoms with E-state index in [-0.39, 0.29) is 29.7 Å². The van der Waals surface area contributed by atoms with E-state index in [1.165, 1.54) is 19.3 Å². The number of nitrogens with one attached hydrogen (secondary N) is 2. The van der Waals surface area contributed by atoms with Gasteiger partial charge in [-0.3, -0.25) is 4.99 Å². The predicted molar refractivity (Wildman–Crippen MR) is 138 cm³/mol. The van der Waals surface area contributed by atoms with Crippen molar-refractivity contribution in [3.63, 3.8) is 0 Å². The highest BCUT2D eigenvalue weighted by molar-refractivity contribution is 14.0. The minimum Gasteiger partial charge on any atom is -0.357 e. The fraction of sp³-hybridized carbons (Fsp3) is 0.714. The zero-order chi connectivity index (χ0) is 21.5. The van der Waals surface area contributed by atoms with Gasteiger partial charge in [0, 0.05) is 52.0 Å². The summed E-state index contributed by atoms with van der Waals surface area (Å²) in [6, 6.07) is 5.80. The van der Waals surface area contributed by atoms with E-state index in [1.807, 2.05) is 25.1 Å².